The number of nitrogens with zero attached hydrogens (tertiary/aromatic N) is 2. The van der Waals surface area contributed by atoms with Gasteiger partial charge in [0.25, 0.3) is 5.91 Å². The van der Waals surface area contributed by atoms with Crippen molar-refractivity contribution in [1.29, 1.82) is 0 Å². The largest absolute Gasteiger partial charge is 0.493 e. The standard InChI is InChI=1S/C19H23F2N3O5S/c1-23-12-14(30(26,27)24-7-3-4-8-24)10-15(23)18(25)22-11-13-5-6-16(29-19(20)21)17(9-13)28-2/h5-6,9-10,12,19H,3-4,7-8,11H2,1-2H3,(H,22,25). The van der Waals surface area contributed by atoms with E-state index in [0.29, 0.717) is 18.7 Å². The number of methoxy groups -OCH3 is 1. The molecule has 1 aromatic heterocycles. The van der Waals surface area contributed by atoms with Crippen LogP contribution >= 0.6 is 0 Å². The Morgan fingerprint density at radius 1 is 1.20 bits per heavy atom. The van der Waals surface area contributed by atoms with Crippen molar-refractivity contribution in [3.05, 3.63) is 41.7 Å². The normalized spacial score (nSPS) is 14.8. The van der Waals surface area contributed by atoms with E-state index in [-0.39, 0.29) is 28.6 Å². The molecular formula is C19H23F2N3O5S. The highest BCUT2D eigenvalue weighted by Crippen LogP contribution is 2.29. The van der Waals surface area contributed by atoms with Gasteiger partial charge in [0.1, 0.15) is 10.6 Å². The summed E-state index contributed by atoms with van der Waals surface area (Å²) in [5.41, 5.74) is 0.790. The van der Waals surface area contributed by atoms with Gasteiger partial charge in [0, 0.05) is 32.9 Å². The van der Waals surface area contributed by atoms with Gasteiger partial charge in [0.15, 0.2) is 11.5 Å². The first kappa shape index (κ1) is 22.0. The molecule has 0 bridgehead atoms. The Kier molecular flexibility index (Phi) is 6.61. The number of rotatable bonds is 8. The molecule has 3 rings (SSSR count). The Labute approximate surface area is 173 Å². The highest BCUT2D eigenvalue weighted by atomic mass is 32.2. The van der Waals surface area contributed by atoms with Gasteiger partial charge >= 0.3 is 6.61 Å². The van der Waals surface area contributed by atoms with Gasteiger partial charge < -0.3 is 19.4 Å². The predicted molar refractivity (Wildman–Crippen MR) is 104 cm³/mol. The molecule has 1 amide bonds. The van der Waals surface area contributed by atoms with Gasteiger partial charge in [-0.1, -0.05) is 6.07 Å². The second kappa shape index (κ2) is 9.00. The molecule has 1 saturated heterocycles. The second-order valence-corrected chi connectivity index (χ2v) is 8.77. The van der Waals surface area contributed by atoms with Crippen LogP contribution < -0.4 is 14.8 Å². The molecule has 2 heterocycles. The number of carbonyl (C=O) groups is 1. The molecule has 1 fully saturated rings. The van der Waals surface area contributed by atoms with Crippen LogP contribution in [-0.2, 0) is 23.6 Å². The molecule has 1 aliphatic heterocycles. The van der Waals surface area contributed by atoms with Crippen LogP contribution in [0.25, 0.3) is 0 Å². The Morgan fingerprint density at radius 2 is 1.90 bits per heavy atom. The fourth-order valence-electron chi connectivity index (χ4n) is 3.27. The lowest BCUT2D eigenvalue weighted by atomic mass is 10.2. The lowest BCUT2D eigenvalue weighted by molar-refractivity contribution is -0.0512. The summed E-state index contributed by atoms with van der Waals surface area (Å²) in [6, 6.07) is 5.68. The zero-order valence-electron chi connectivity index (χ0n) is 16.6. The Balaban J connectivity index is 1.70. The number of nitrogens with one attached hydrogen (secondary N) is 1. The number of sulfonamides is 1. The first-order valence-corrected chi connectivity index (χ1v) is 10.7. The number of aryl methyl sites for hydroxylation is 1. The number of ether oxygens (including phenoxy) is 2. The number of benzene rings is 1. The van der Waals surface area contributed by atoms with Crippen LogP contribution in [-0.4, -0.2) is 50.0 Å². The third-order valence-electron chi connectivity index (χ3n) is 4.81. The van der Waals surface area contributed by atoms with Crippen LogP contribution in [0.4, 0.5) is 8.78 Å². The van der Waals surface area contributed by atoms with E-state index >= 15 is 0 Å². The molecule has 1 aliphatic rings. The average Bonchev–Trinajstić information content (AvgIpc) is 3.37. The summed E-state index contributed by atoms with van der Waals surface area (Å²) in [4.78, 5) is 12.6. The molecule has 0 unspecified atom stereocenters. The summed E-state index contributed by atoms with van der Waals surface area (Å²) < 4.78 is 62.5. The van der Waals surface area contributed by atoms with E-state index in [4.69, 9.17) is 4.74 Å². The molecule has 0 saturated carbocycles. The number of alkyl halides is 2. The number of carbonyl (C=O) groups excluding carboxylic acids is 1. The first-order valence-electron chi connectivity index (χ1n) is 9.29. The molecule has 2 aromatic rings. The van der Waals surface area contributed by atoms with Gasteiger partial charge in [0.05, 0.1) is 7.11 Å². The summed E-state index contributed by atoms with van der Waals surface area (Å²) >= 11 is 0. The molecular weight excluding hydrogens is 420 g/mol. The van der Waals surface area contributed by atoms with Crippen LogP contribution in [0, 0.1) is 0 Å². The van der Waals surface area contributed by atoms with Crippen molar-refractivity contribution in [1.82, 2.24) is 14.2 Å². The minimum absolute atomic E-state index is 0.0761. The van der Waals surface area contributed by atoms with Crippen molar-refractivity contribution < 1.29 is 31.5 Å². The highest BCUT2D eigenvalue weighted by Gasteiger charge is 2.29. The first-order chi connectivity index (χ1) is 14.2. The van der Waals surface area contributed by atoms with E-state index in [1.54, 1.807) is 7.05 Å². The SMILES string of the molecule is COc1cc(CNC(=O)c2cc(S(=O)(=O)N3CCCC3)cn2C)ccc1OC(F)F. The van der Waals surface area contributed by atoms with E-state index in [0.717, 1.165) is 12.8 Å². The topological polar surface area (TPSA) is 89.9 Å². The second-order valence-electron chi connectivity index (χ2n) is 6.83. The van der Waals surface area contributed by atoms with Gasteiger partial charge in [-0.3, -0.25) is 4.79 Å². The Bertz CT molecular complexity index is 1020. The van der Waals surface area contributed by atoms with Crippen molar-refractivity contribution in [3.63, 3.8) is 0 Å². The molecule has 11 heteroatoms. The number of amides is 1. The van der Waals surface area contributed by atoms with Gasteiger partial charge in [-0.25, -0.2) is 8.42 Å². The fraction of sp³-hybridized carbons (Fsp3) is 0.421. The molecule has 1 aromatic carbocycles. The zero-order valence-corrected chi connectivity index (χ0v) is 17.4. The van der Waals surface area contributed by atoms with Crippen molar-refractivity contribution >= 4 is 15.9 Å². The molecule has 164 valence electrons. The van der Waals surface area contributed by atoms with E-state index < -0.39 is 22.5 Å². The Morgan fingerprint density at radius 3 is 2.53 bits per heavy atom. The van der Waals surface area contributed by atoms with Crippen LogP contribution in [0.5, 0.6) is 11.5 Å². The number of hydrogen-bond acceptors (Lipinski definition) is 5. The molecule has 0 radical (unpaired) electrons. The minimum Gasteiger partial charge on any atom is -0.493 e. The molecule has 8 nitrogen and oxygen atoms in total. The van der Waals surface area contributed by atoms with E-state index in [1.165, 1.54) is 46.4 Å². The molecule has 0 aliphatic carbocycles. The van der Waals surface area contributed by atoms with E-state index in [9.17, 15) is 22.0 Å². The van der Waals surface area contributed by atoms with Crippen molar-refractivity contribution in [2.45, 2.75) is 30.9 Å². The van der Waals surface area contributed by atoms with Crippen LogP contribution in [0.2, 0.25) is 0 Å². The smallest absolute Gasteiger partial charge is 0.387 e. The summed E-state index contributed by atoms with van der Waals surface area (Å²) in [5, 5.41) is 2.69. The van der Waals surface area contributed by atoms with Crippen molar-refractivity contribution in [2.75, 3.05) is 20.2 Å². The monoisotopic (exact) mass is 443 g/mol. The molecule has 1 N–H and O–H groups in total. The van der Waals surface area contributed by atoms with Crippen LogP contribution in [0.3, 0.4) is 0 Å². The van der Waals surface area contributed by atoms with Crippen LogP contribution in [0.15, 0.2) is 35.4 Å². The third-order valence-corrected chi connectivity index (χ3v) is 6.68. The fourth-order valence-corrected chi connectivity index (χ4v) is 4.86. The summed E-state index contributed by atoms with van der Waals surface area (Å²) in [7, 11) is -0.708. The van der Waals surface area contributed by atoms with E-state index in [2.05, 4.69) is 10.1 Å². The minimum atomic E-state index is -3.62. The Hall–Kier alpha value is -2.66. The molecule has 0 spiro atoms. The summed E-state index contributed by atoms with van der Waals surface area (Å²) in [6.07, 6.45) is 3.07. The van der Waals surface area contributed by atoms with Crippen molar-refractivity contribution in [2.24, 2.45) is 7.05 Å². The highest BCUT2D eigenvalue weighted by molar-refractivity contribution is 7.89. The van der Waals surface area contributed by atoms with Gasteiger partial charge in [-0.05, 0) is 36.6 Å². The summed E-state index contributed by atoms with van der Waals surface area (Å²) in [5.74, 6) is -0.464. The molecule has 0 atom stereocenters. The average molecular weight is 443 g/mol. The maximum Gasteiger partial charge on any atom is 0.387 e. The van der Waals surface area contributed by atoms with Crippen LogP contribution in [0.1, 0.15) is 28.9 Å². The number of hydrogen-bond donors (Lipinski definition) is 1. The number of halogens is 2. The zero-order chi connectivity index (χ0) is 21.9. The number of aromatic nitrogens is 1. The van der Waals surface area contributed by atoms with Gasteiger partial charge in [0.2, 0.25) is 10.0 Å². The quantitative estimate of drug-likeness (QED) is 0.677. The maximum atomic E-state index is 12.7. The predicted octanol–water partition coefficient (Wildman–Crippen LogP) is 2.35. The molecule has 30 heavy (non-hydrogen) atoms. The lowest BCUT2D eigenvalue weighted by Crippen LogP contribution is -2.27. The van der Waals surface area contributed by atoms with Gasteiger partial charge in [-0.2, -0.15) is 13.1 Å². The van der Waals surface area contributed by atoms with Gasteiger partial charge in [-0.15, -0.1) is 0 Å². The maximum absolute atomic E-state index is 12.7. The lowest BCUT2D eigenvalue weighted by Gasteiger charge is -2.13. The third kappa shape index (κ3) is 4.73. The van der Waals surface area contributed by atoms with E-state index in [1.807, 2.05) is 0 Å². The summed E-state index contributed by atoms with van der Waals surface area (Å²) in [6.45, 7) is -1.94. The van der Waals surface area contributed by atoms with Crippen molar-refractivity contribution in [3.8, 4) is 11.5 Å².